The van der Waals surface area contributed by atoms with Gasteiger partial charge in [-0.05, 0) is 24.5 Å². The molecule has 0 bridgehead atoms. The lowest BCUT2D eigenvalue weighted by Crippen LogP contribution is -2.24. The van der Waals surface area contributed by atoms with Gasteiger partial charge in [-0.2, -0.15) is 0 Å². The third-order valence-corrected chi connectivity index (χ3v) is 3.16. The first-order valence-electron chi connectivity index (χ1n) is 5.95. The number of nitrogens with one attached hydrogen (secondary N) is 1. The second-order valence-corrected chi connectivity index (χ2v) is 4.26. The van der Waals surface area contributed by atoms with Crippen molar-refractivity contribution in [2.24, 2.45) is 0 Å². The first-order valence-corrected chi connectivity index (χ1v) is 5.95. The zero-order valence-electron chi connectivity index (χ0n) is 9.58. The molecule has 3 rings (SSSR count). The van der Waals surface area contributed by atoms with Crippen molar-refractivity contribution in [2.75, 3.05) is 6.54 Å². The quantitative estimate of drug-likeness (QED) is 0.848. The average molecular weight is 229 g/mol. The lowest BCUT2D eigenvalue weighted by Gasteiger charge is -2.12. The van der Waals surface area contributed by atoms with Crippen LogP contribution >= 0.6 is 0 Å². The molecule has 5 nitrogen and oxygen atoms in total. The van der Waals surface area contributed by atoms with Crippen LogP contribution in [0.1, 0.15) is 23.7 Å². The topological polar surface area (TPSA) is 55.6 Å². The molecule has 17 heavy (non-hydrogen) atoms. The van der Waals surface area contributed by atoms with E-state index in [1.807, 2.05) is 23.1 Å². The Morgan fingerprint density at radius 2 is 2.41 bits per heavy atom. The first-order chi connectivity index (χ1) is 8.43. The maximum atomic E-state index is 4.46. The summed E-state index contributed by atoms with van der Waals surface area (Å²) in [6.45, 7) is 1.74. The molecule has 5 heteroatoms. The molecule has 2 aromatic rings. The smallest absolute Gasteiger partial charge is 0.0692 e. The van der Waals surface area contributed by atoms with E-state index in [9.17, 15) is 0 Å². The minimum absolute atomic E-state index is 0.398. The van der Waals surface area contributed by atoms with Crippen molar-refractivity contribution in [1.29, 1.82) is 0 Å². The average Bonchev–Trinajstić information content (AvgIpc) is 2.99. The van der Waals surface area contributed by atoms with Gasteiger partial charge < -0.3 is 5.32 Å². The van der Waals surface area contributed by atoms with Crippen LogP contribution in [0.3, 0.4) is 0 Å². The van der Waals surface area contributed by atoms with E-state index in [0.717, 1.165) is 25.9 Å². The lowest BCUT2D eigenvalue weighted by atomic mass is 10.2. The minimum Gasteiger partial charge on any atom is -0.307 e. The summed E-state index contributed by atoms with van der Waals surface area (Å²) >= 11 is 0. The Labute approximate surface area is 99.9 Å². The summed E-state index contributed by atoms with van der Waals surface area (Å²) in [6, 6.07) is 4.58. The van der Waals surface area contributed by atoms with Crippen LogP contribution in [-0.4, -0.2) is 26.5 Å². The molecule has 0 saturated heterocycles. The number of fused-ring (bicyclic) bond motifs is 1. The number of aryl methyl sites for hydroxylation is 1. The summed E-state index contributed by atoms with van der Waals surface area (Å²) in [5.41, 5.74) is 2.59. The van der Waals surface area contributed by atoms with Crippen LogP contribution in [0.25, 0.3) is 0 Å². The van der Waals surface area contributed by atoms with Crippen molar-refractivity contribution >= 4 is 0 Å². The molecule has 0 aromatic carbocycles. The van der Waals surface area contributed by atoms with E-state index in [2.05, 4.69) is 26.7 Å². The highest BCUT2D eigenvalue weighted by atomic mass is 15.4. The molecule has 88 valence electrons. The fraction of sp³-hybridized carbons (Fsp3) is 0.417. The second kappa shape index (κ2) is 4.63. The van der Waals surface area contributed by atoms with E-state index in [-0.39, 0.29) is 0 Å². The molecule has 1 aliphatic rings. The molecule has 1 unspecified atom stereocenters. The molecule has 2 aromatic heterocycles. The van der Waals surface area contributed by atoms with E-state index in [1.54, 1.807) is 6.20 Å². The fourth-order valence-corrected chi connectivity index (χ4v) is 2.32. The monoisotopic (exact) mass is 229 g/mol. The zero-order chi connectivity index (χ0) is 11.5. The number of rotatable bonds is 4. The molecule has 0 aliphatic heterocycles. The summed E-state index contributed by atoms with van der Waals surface area (Å²) in [6.07, 6.45) is 7.72. The summed E-state index contributed by atoms with van der Waals surface area (Å²) in [4.78, 5) is 4.46. The number of hydrogen-bond donors (Lipinski definition) is 1. The van der Waals surface area contributed by atoms with Crippen LogP contribution in [0.15, 0.2) is 30.7 Å². The zero-order valence-corrected chi connectivity index (χ0v) is 9.58. The SMILES string of the molecule is c1cnc2c(c1)CCC2NCCn1ccnn1. The Kier molecular flexibility index (Phi) is 2.83. The van der Waals surface area contributed by atoms with Gasteiger partial charge in [0.15, 0.2) is 0 Å². The minimum atomic E-state index is 0.398. The molecule has 0 spiro atoms. The van der Waals surface area contributed by atoms with Gasteiger partial charge >= 0.3 is 0 Å². The van der Waals surface area contributed by atoms with E-state index >= 15 is 0 Å². The molecule has 0 radical (unpaired) electrons. The van der Waals surface area contributed by atoms with Crippen molar-refractivity contribution < 1.29 is 0 Å². The number of aromatic nitrogens is 4. The standard InChI is InChI=1S/C12H15N5/c1-2-10-3-4-11(12(10)14-5-1)13-6-8-17-9-7-15-16-17/h1-2,5,7,9,11,13H,3-4,6,8H2. The van der Waals surface area contributed by atoms with Crippen LogP contribution in [0, 0.1) is 0 Å². The first kappa shape index (κ1) is 10.4. The van der Waals surface area contributed by atoms with Crippen LogP contribution in [0.5, 0.6) is 0 Å². The molecule has 0 saturated carbocycles. The predicted octanol–water partition coefficient (Wildman–Crippen LogP) is 0.950. The van der Waals surface area contributed by atoms with Gasteiger partial charge in [0.05, 0.1) is 24.5 Å². The fourth-order valence-electron chi connectivity index (χ4n) is 2.32. The van der Waals surface area contributed by atoms with Gasteiger partial charge in [0.1, 0.15) is 0 Å². The van der Waals surface area contributed by atoms with Gasteiger partial charge in [0.25, 0.3) is 0 Å². The lowest BCUT2D eigenvalue weighted by molar-refractivity contribution is 0.473. The number of pyridine rings is 1. The van der Waals surface area contributed by atoms with Gasteiger partial charge in [0, 0.05) is 18.9 Å². The maximum Gasteiger partial charge on any atom is 0.0692 e. The maximum absolute atomic E-state index is 4.46. The van der Waals surface area contributed by atoms with E-state index < -0.39 is 0 Å². The van der Waals surface area contributed by atoms with Crippen molar-refractivity contribution in [3.8, 4) is 0 Å². The predicted molar refractivity (Wildman–Crippen MR) is 63.3 cm³/mol. The van der Waals surface area contributed by atoms with E-state index in [1.165, 1.54) is 11.3 Å². The number of nitrogens with zero attached hydrogens (tertiary/aromatic N) is 4. The van der Waals surface area contributed by atoms with Gasteiger partial charge in [0.2, 0.25) is 0 Å². The van der Waals surface area contributed by atoms with Crippen LogP contribution in [-0.2, 0) is 13.0 Å². The van der Waals surface area contributed by atoms with Crippen LogP contribution in [0.4, 0.5) is 0 Å². The molecule has 1 aliphatic carbocycles. The summed E-state index contributed by atoms with van der Waals surface area (Å²) in [7, 11) is 0. The highest BCUT2D eigenvalue weighted by Crippen LogP contribution is 2.28. The van der Waals surface area contributed by atoms with Crippen LogP contribution in [0.2, 0.25) is 0 Å². The summed E-state index contributed by atoms with van der Waals surface area (Å²) in [5.74, 6) is 0. The Bertz CT molecular complexity index is 479. The molecule has 0 amide bonds. The number of hydrogen-bond acceptors (Lipinski definition) is 4. The summed E-state index contributed by atoms with van der Waals surface area (Å²) in [5, 5.41) is 11.2. The largest absolute Gasteiger partial charge is 0.307 e. The Morgan fingerprint density at radius 3 is 3.29 bits per heavy atom. The Hall–Kier alpha value is -1.75. The third-order valence-electron chi connectivity index (χ3n) is 3.16. The highest BCUT2D eigenvalue weighted by Gasteiger charge is 2.22. The van der Waals surface area contributed by atoms with Gasteiger partial charge in [-0.25, -0.2) is 0 Å². The van der Waals surface area contributed by atoms with Crippen molar-refractivity contribution in [2.45, 2.75) is 25.4 Å². The second-order valence-electron chi connectivity index (χ2n) is 4.26. The molecule has 1 N–H and O–H groups in total. The highest BCUT2D eigenvalue weighted by molar-refractivity contribution is 5.27. The molecular weight excluding hydrogens is 214 g/mol. The Balaban J connectivity index is 1.57. The summed E-state index contributed by atoms with van der Waals surface area (Å²) < 4.78 is 1.83. The normalized spacial score (nSPS) is 18.2. The van der Waals surface area contributed by atoms with Gasteiger partial charge in [-0.3, -0.25) is 9.67 Å². The molecule has 2 heterocycles. The van der Waals surface area contributed by atoms with Crippen molar-refractivity contribution in [3.05, 3.63) is 42.0 Å². The third kappa shape index (κ3) is 2.19. The molecular formula is C12H15N5. The van der Waals surface area contributed by atoms with Crippen molar-refractivity contribution in [1.82, 2.24) is 25.3 Å². The van der Waals surface area contributed by atoms with Crippen molar-refractivity contribution in [3.63, 3.8) is 0 Å². The van der Waals surface area contributed by atoms with Crippen LogP contribution < -0.4 is 5.32 Å². The molecule has 1 atom stereocenters. The van der Waals surface area contributed by atoms with E-state index in [4.69, 9.17) is 0 Å². The molecule has 0 fully saturated rings. The van der Waals surface area contributed by atoms with Gasteiger partial charge in [-0.1, -0.05) is 11.3 Å². The van der Waals surface area contributed by atoms with E-state index in [0.29, 0.717) is 6.04 Å². The Morgan fingerprint density at radius 1 is 1.41 bits per heavy atom. The van der Waals surface area contributed by atoms with Gasteiger partial charge in [-0.15, -0.1) is 5.10 Å².